The third-order valence-corrected chi connectivity index (χ3v) is 6.70. The number of aromatic nitrogens is 4. The molecular weight excluding hydrogens is 390 g/mol. The molecule has 0 bridgehead atoms. The van der Waals surface area contributed by atoms with E-state index in [1.807, 2.05) is 12.1 Å². The quantitative estimate of drug-likeness (QED) is 0.455. The number of nitrogens with two attached hydrogens (primary N) is 1. The predicted octanol–water partition coefficient (Wildman–Crippen LogP) is 4.38. The average molecular weight is 412 g/mol. The van der Waals surface area contributed by atoms with Gasteiger partial charge in [0, 0.05) is 24.4 Å². The lowest BCUT2D eigenvalue weighted by Gasteiger charge is -2.10. The van der Waals surface area contributed by atoms with Crippen LogP contribution in [-0.4, -0.2) is 33.5 Å². The Morgan fingerprint density at radius 2 is 2.04 bits per heavy atom. The van der Waals surface area contributed by atoms with Gasteiger partial charge in [0.2, 0.25) is 0 Å². The molecule has 4 aromatic rings. The van der Waals surface area contributed by atoms with Crippen LogP contribution in [0.1, 0.15) is 11.1 Å². The fourth-order valence-electron chi connectivity index (χ4n) is 2.98. The lowest BCUT2D eigenvalue weighted by Crippen LogP contribution is -2.07. The SMILES string of the molecule is COCCn1c(SCc2ccccc2C)nnc1-c1sc2ncccc2c1N. The molecule has 0 aliphatic heterocycles. The number of nitrogen functional groups attached to an aromatic ring is 1. The van der Waals surface area contributed by atoms with Crippen molar-refractivity contribution in [3.05, 3.63) is 53.7 Å². The van der Waals surface area contributed by atoms with E-state index in [2.05, 4.69) is 50.9 Å². The summed E-state index contributed by atoms with van der Waals surface area (Å²) in [5, 5.41) is 10.7. The average Bonchev–Trinajstić information content (AvgIpc) is 3.26. The second-order valence-corrected chi connectivity index (χ2v) is 8.31. The van der Waals surface area contributed by atoms with Crippen molar-refractivity contribution in [3.63, 3.8) is 0 Å². The number of methoxy groups -OCH3 is 1. The molecule has 144 valence electrons. The molecule has 0 saturated carbocycles. The van der Waals surface area contributed by atoms with Crippen molar-refractivity contribution in [3.8, 4) is 10.7 Å². The summed E-state index contributed by atoms with van der Waals surface area (Å²) in [6.07, 6.45) is 1.78. The maximum Gasteiger partial charge on any atom is 0.191 e. The summed E-state index contributed by atoms with van der Waals surface area (Å²) >= 11 is 3.22. The fraction of sp³-hybridized carbons (Fsp3) is 0.250. The van der Waals surface area contributed by atoms with Gasteiger partial charge in [-0.3, -0.25) is 4.57 Å². The molecule has 0 fully saturated rings. The van der Waals surface area contributed by atoms with Crippen LogP contribution in [0.2, 0.25) is 0 Å². The molecule has 0 radical (unpaired) electrons. The molecule has 0 aliphatic rings. The topological polar surface area (TPSA) is 78.8 Å². The van der Waals surface area contributed by atoms with Crippen molar-refractivity contribution < 1.29 is 4.74 Å². The van der Waals surface area contributed by atoms with E-state index in [1.54, 1.807) is 36.4 Å². The summed E-state index contributed by atoms with van der Waals surface area (Å²) in [5.74, 6) is 1.60. The maximum absolute atomic E-state index is 6.41. The van der Waals surface area contributed by atoms with Crippen LogP contribution in [0.3, 0.4) is 0 Å². The molecule has 0 saturated heterocycles. The molecule has 6 nitrogen and oxygen atoms in total. The highest BCUT2D eigenvalue weighted by Crippen LogP contribution is 2.40. The molecule has 0 unspecified atom stereocenters. The predicted molar refractivity (Wildman–Crippen MR) is 116 cm³/mol. The molecule has 0 atom stereocenters. The summed E-state index contributed by atoms with van der Waals surface area (Å²) in [6, 6.07) is 12.3. The number of rotatable bonds is 7. The first kappa shape index (κ1) is 18.9. The minimum atomic E-state index is 0.575. The zero-order valence-corrected chi connectivity index (χ0v) is 17.4. The lowest BCUT2D eigenvalue weighted by atomic mass is 10.1. The number of fused-ring (bicyclic) bond motifs is 1. The molecule has 3 heterocycles. The van der Waals surface area contributed by atoms with Crippen LogP contribution >= 0.6 is 23.1 Å². The maximum atomic E-state index is 6.41. The highest BCUT2D eigenvalue weighted by atomic mass is 32.2. The Labute approximate surface area is 171 Å². The van der Waals surface area contributed by atoms with E-state index in [9.17, 15) is 0 Å². The fourth-order valence-corrected chi connectivity index (χ4v) is 5.08. The van der Waals surface area contributed by atoms with Gasteiger partial charge in [0.1, 0.15) is 4.83 Å². The van der Waals surface area contributed by atoms with Gasteiger partial charge < -0.3 is 10.5 Å². The first-order valence-corrected chi connectivity index (χ1v) is 10.7. The standard InChI is InChI=1S/C20H21N5OS2/c1-13-6-3-4-7-14(13)12-27-20-24-23-18(25(20)10-11-26-2)17-16(21)15-8-5-9-22-19(15)28-17/h3-9H,10-12,21H2,1-2H3. The van der Waals surface area contributed by atoms with Crippen molar-refractivity contribution in [2.24, 2.45) is 0 Å². The van der Waals surface area contributed by atoms with Crippen LogP contribution in [0.25, 0.3) is 20.9 Å². The van der Waals surface area contributed by atoms with Gasteiger partial charge in [0.05, 0.1) is 23.7 Å². The Balaban J connectivity index is 1.69. The van der Waals surface area contributed by atoms with Gasteiger partial charge in [0.25, 0.3) is 0 Å². The van der Waals surface area contributed by atoms with Crippen molar-refractivity contribution in [2.45, 2.75) is 24.4 Å². The molecule has 8 heteroatoms. The Hall–Kier alpha value is -2.42. The van der Waals surface area contributed by atoms with E-state index >= 15 is 0 Å². The number of ether oxygens (including phenoxy) is 1. The van der Waals surface area contributed by atoms with Crippen LogP contribution in [0.4, 0.5) is 5.69 Å². The summed E-state index contributed by atoms with van der Waals surface area (Å²) in [5.41, 5.74) is 9.69. The number of nitrogens with zero attached hydrogens (tertiary/aromatic N) is 4. The van der Waals surface area contributed by atoms with Crippen LogP contribution in [0.5, 0.6) is 0 Å². The van der Waals surface area contributed by atoms with Gasteiger partial charge in [-0.05, 0) is 30.2 Å². The smallest absolute Gasteiger partial charge is 0.191 e. The molecule has 3 aromatic heterocycles. The Kier molecular flexibility index (Phi) is 5.61. The molecule has 2 N–H and O–H groups in total. The number of pyridine rings is 1. The van der Waals surface area contributed by atoms with E-state index in [0.29, 0.717) is 18.8 Å². The molecule has 0 aliphatic carbocycles. The van der Waals surface area contributed by atoms with E-state index in [0.717, 1.165) is 31.8 Å². The third kappa shape index (κ3) is 3.63. The highest BCUT2D eigenvalue weighted by Gasteiger charge is 2.20. The number of thiophene rings is 1. The molecule has 28 heavy (non-hydrogen) atoms. The van der Waals surface area contributed by atoms with Crippen molar-refractivity contribution >= 4 is 39.0 Å². The number of hydrogen-bond donors (Lipinski definition) is 1. The number of aryl methyl sites for hydroxylation is 1. The van der Waals surface area contributed by atoms with Crippen molar-refractivity contribution in [2.75, 3.05) is 19.5 Å². The van der Waals surface area contributed by atoms with Gasteiger partial charge in [-0.15, -0.1) is 21.5 Å². The number of anilines is 1. The zero-order valence-electron chi connectivity index (χ0n) is 15.8. The number of benzene rings is 1. The van der Waals surface area contributed by atoms with Gasteiger partial charge >= 0.3 is 0 Å². The highest BCUT2D eigenvalue weighted by molar-refractivity contribution is 7.98. The normalized spacial score (nSPS) is 11.4. The molecule has 0 amide bonds. The molecular formula is C20H21N5OS2. The van der Waals surface area contributed by atoms with Crippen LogP contribution < -0.4 is 5.73 Å². The monoisotopic (exact) mass is 411 g/mol. The van der Waals surface area contributed by atoms with Gasteiger partial charge in [-0.2, -0.15) is 0 Å². The van der Waals surface area contributed by atoms with Crippen LogP contribution in [-0.2, 0) is 17.0 Å². The third-order valence-electron chi connectivity index (χ3n) is 4.56. The summed E-state index contributed by atoms with van der Waals surface area (Å²) in [4.78, 5) is 6.23. The van der Waals surface area contributed by atoms with Crippen LogP contribution in [0, 0.1) is 6.92 Å². The van der Waals surface area contributed by atoms with Crippen molar-refractivity contribution in [1.82, 2.24) is 19.7 Å². The summed E-state index contributed by atoms with van der Waals surface area (Å²) in [6.45, 7) is 3.37. The molecule has 1 aromatic carbocycles. The van der Waals surface area contributed by atoms with Crippen molar-refractivity contribution in [1.29, 1.82) is 0 Å². The first-order chi connectivity index (χ1) is 13.7. The van der Waals surface area contributed by atoms with E-state index in [4.69, 9.17) is 10.5 Å². The Bertz CT molecular complexity index is 1110. The zero-order chi connectivity index (χ0) is 19.5. The Morgan fingerprint density at radius 3 is 2.82 bits per heavy atom. The van der Waals surface area contributed by atoms with Gasteiger partial charge in [0.15, 0.2) is 11.0 Å². The minimum Gasteiger partial charge on any atom is -0.397 e. The second kappa shape index (κ2) is 8.30. The Morgan fingerprint density at radius 1 is 1.18 bits per heavy atom. The van der Waals surface area contributed by atoms with E-state index < -0.39 is 0 Å². The van der Waals surface area contributed by atoms with Gasteiger partial charge in [-0.25, -0.2) is 4.98 Å². The molecule has 0 spiro atoms. The summed E-state index contributed by atoms with van der Waals surface area (Å²) < 4.78 is 7.40. The summed E-state index contributed by atoms with van der Waals surface area (Å²) in [7, 11) is 1.70. The number of thioether (sulfide) groups is 1. The minimum absolute atomic E-state index is 0.575. The second-order valence-electron chi connectivity index (χ2n) is 6.37. The van der Waals surface area contributed by atoms with E-state index in [1.165, 1.54) is 11.1 Å². The first-order valence-electron chi connectivity index (χ1n) is 8.92. The lowest BCUT2D eigenvalue weighted by molar-refractivity contribution is 0.185. The van der Waals surface area contributed by atoms with E-state index in [-0.39, 0.29) is 0 Å². The molecule has 4 rings (SSSR count). The largest absolute Gasteiger partial charge is 0.397 e. The number of hydrogen-bond acceptors (Lipinski definition) is 7. The van der Waals surface area contributed by atoms with Crippen LogP contribution in [0.15, 0.2) is 47.8 Å². The van der Waals surface area contributed by atoms with Gasteiger partial charge in [-0.1, -0.05) is 36.0 Å².